The van der Waals surface area contributed by atoms with Crippen LogP contribution in [0.3, 0.4) is 0 Å². The molecule has 114 valence electrons. The van der Waals surface area contributed by atoms with Crippen molar-refractivity contribution >= 4 is 5.78 Å². The number of hydrogen-bond acceptors (Lipinski definition) is 4. The molecule has 4 heteroatoms. The molecule has 0 N–H and O–H groups in total. The standard InChI is InChI=1S/C18H19NO3/c1-21-14-4-3-12-5-7-19-8-6-13-9-16(20)17(22-2)11-18(13,19)15(12)10-14/h3-4,9-11H,5-8H2,1-2H3. The molecule has 1 atom stereocenters. The highest BCUT2D eigenvalue weighted by Gasteiger charge is 2.50. The molecule has 2 heterocycles. The molecule has 0 aromatic heterocycles. The van der Waals surface area contributed by atoms with E-state index in [-0.39, 0.29) is 11.3 Å². The third-order valence-electron chi connectivity index (χ3n) is 5.13. The number of fused-ring (bicyclic) bond motifs is 1. The van der Waals surface area contributed by atoms with Crippen molar-refractivity contribution in [1.82, 2.24) is 4.90 Å². The number of carbonyl (C=O) groups is 1. The van der Waals surface area contributed by atoms with Gasteiger partial charge in [0, 0.05) is 13.1 Å². The van der Waals surface area contributed by atoms with Crippen LogP contribution >= 0.6 is 0 Å². The van der Waals surface area contributed by atoms with E-state index in [0.29, 0.717) is 5.76 Å². The molecule has 1 spiro atoms. The van der Waals surface area contributed by atoms with Gasteiger partial charge in [-0.25, -0.2) is 0 Å². The van der Waals surface area contributed by atoms with Crippen LogP contribution in [0.5, 0.6) is 5.75 Å². The maximum atomic E-state index is 12.2. The second-order valence-corrected chi connectivity index (χ2v) is 6.02. The molecule has 4 nitrogen and oxygen atoms in total. The maximum Gasteiger partial charge on any atom is 0.220 e. The average molecular weight is 297 g/mol. The summed E-state index contributed by atoms with van der Waals surface area (Å²) < 4.78 is 10.8. The third-order valence-corrected chi connectivity index (χ3v) is 5.13. The van der Waals surface area contributed by atoms with Crippen molar-refractivity contribution in [1.29, 1.82) is 0 Å². The molecule has 1 fully saturated rings. The van der Waals surface area contributed by atoms with E-state index in [1.54, 1.807) is 20.3 Å². The van der Waals surface area contributed by atoms with Crippen LogP contribution in [0.15, 0.2) is 41.7 Å². The molecule has 1 unspecified atom stereocenters. The van der Waals surface area contributed by atoms with Gasteiger partial charge in [-0.05, 0) is 53.8 Å². The van der Waals surface area contributed by atoms with Gasteiger partial charge in [-0.1, -0.05) is 6.07 Å². The molecule has 0 radical (unpaired) electrons. The Morgan fingerprint density at radius 3 is 2.73 bits per heavy atom. The predicted octanol–water partition coefficient (Wildman–Crippen LogP) is 2.19. The number of ether oxygens (including phenoxy) is 2. The van der Waals surface area contributed by atoms with Crippen molar-refractivity contribution in [2.75, 3.05) is 27.3 Å². The second-order valence-electron chi connectivity index (χ2n) is 6.02. The maximum absolute atomic E-state index is 12.2. The summed E-state index contributed by atoms with van der Waals surface area (Å²) in [6, 6.07) is 6.27. The molecular weight excluding hydrogens is 278 g/mol. The van der Waals surface area contributed by atoms with Crippen LogP contribution < -0.4 is 4.74 Å². The average Bonchev–Trinajstić information content (AvgIpc) is 2.92. The molecule has 0 amide bonds. The fraction of sp³-hybridized carbons (Fsp3) is 0.389. The number of hydrogen-bond donors (Lipinski definition) is 0. The van der Waals surface area contributed by atoms with Crippen LogP contribution in [0.4, 0.5) is 0 Å². The zero-order valence-corrected chi connectivity index (χ0v) is 12.9. The number of ketones is 1. The van der Waals surface area contributed by atoms with Gasteiger partial charge in [-0.2, -0.15) is 0 Å². The summed E-state index contributed by atoms with van der Waals surface area (Å²) >= 11 is 0. The summed E-state index contributed by atoms with van der Waals surface area (Å²) in [5.41, 5.74) is 3.39. The van der Waals surface area contributed by atoms with Crippen molar-refractivity contribution in [3.05, 3.63) is 52.8 Å². The SMILES string of the molecule is COC1=CC23C(=CC1=O)CCN2CCc1ccc(OC)cc13. The van der Waals surface area contributed by atoms with E-state index in [0.717, 1.165) is 31.7 Å². The minimum atomic E-state index is -0.332. The molecule has 0 bridgehead atoms. The zero-order chi connectivity index (χ0) is 15.3. The summed E-state index contributed by atoms with van der Waals surface area (Å²) in [4.78, 5) is 14.6. The summed E-state index contributed by atoms with van der Waals surface area (Å²) in [6.07, 6.45) is 5.73. The van der Waals surface area contributed by atoms with E-state index < -0.39 is 0 Å². The summed E-state index contributed by atoms with van der Waals surface area (Å²) in [5.74, 6) is 1.26. The first kappa shape index (κ1) is 13.6. The number of nitrogens with zero attached hydrogens (tertiary/aromatic N) is 1. The molecule has 4 rings (SSSR count). The number of allylic oxidation sites excluding steroid dienone is 1. The Morgan fingerprint density at radius 2 is 1.95 bits per heavy atom. The Bertz CT molecular complexity index is 719. The van der Waals surface area contributed by atoms with E-state index >= 15 is 0 Å². The Hall–Kier alpha value is -2.07. The normalized spacial score (nSPS) is 26.5. The third kappa shape index (κ3) is 1.64. The lowest BCUT2D eigenvalue weighted by molar-refractivity contribution is -0.114. The first-order valence-corrected chi connectivity index (χ1v) is 7.63. The van der Waals surface area contributed by atoms with Crippen LogP contribution in [0.25, 0.3) is 0 Å². The lowest BCUT2D eigenvalue weighted by Crippen LogP contribution is -2.47. The Kier molecular flexibility index (Phi) is 2.91. The van der Waals surface area contributed by atoms with Gasteiger partial charge in [-0.3, -0.25) is 9.69 Å². The summed E-state index contributed by atoms with van der Waals surface area (Å²) in [5, 5.41) is 0. The van der Waals surface area contributed by atoms with Crippen molar-refractivity contribution in [3.8, 4) is 5.75 Å². The molecule has 2 aliphatic heterocycles. The molecule has 22 heavy (non-hydrogen) atoms. The molecule has 1 aromatic rings. The minimum Gasteiger partial charge on any atom is -0.497 e. The van der Waals surface area contributed by atoms with Crippen LogP contribution in [0.2, 0.25) is 0 Å². The predicted molar refractivity (Wildman–Crippen MR) is 82.7 cm³/mol. The first-order chi connectivity index (χ1) is 10.7. The topological polar surface area (TPSA) is 38.8 Å². The van der Waals surface area contributed by atoms with Crippen molar-refractivity contribution < 1.29 is 14.3 Å². The first-order valence-electron chi connectivity index (χ1n) is 7.63. The molecular formula is C18H19NO3. The highest BCUT2D eigenvalue weighted by Crippen LogP contribution is 2.51. The van der Waals surface area contributed by atoms with Gasteiger partial charge < -0.3 is 9.47 Å². The highest BCUT2D eigenvalue weighted by molar-refractivity contribution is 6.05. The number of benzene rings is 1. The Labute approximate surface area is 130 Å². The fourth-order valence-electron chi connectivity index (χ4n) is 4.06. The molecule has 1 aliphatic carbocycles. The van der Waals surface area contributed by atoms with Crippen LogP contribution in [0.1, 0.15) is 17.5 Å². The van der Waals surface area contributed by atoms with Gasteiger partial charge in [-0.15, -0.1) is 0 Å². The van der Waals surface area contributed by atoms with E-state index in [2.05, 4.69) is 17.0 Å². The lowest BCUT2D eigenvalue weighted by Gasteiger charge is -2.44. The molecule has 3 aliphatic rings. The summed E-state index contributed by atoms with van der Waals surface area (Å²) in [6.45, 7) is 1.97. The molecule has 1 aromatic carbocycles. The van der Waals surface area contributed by atoms with Crippen LogP contribution in [-0.2, 0) is 21.5 Å². The molecule has 1 saturated heterocycles. The lowest BCUT2D eigenvalue weighted by atomic mass is 9.74. The summed E-state index contributed by atoms with van der Waals surface area (Å²) in [7, 11) is 3.25. The van der Waals surface area contributed by atoms with Crippen LogP contribution in [-0.4, -0.2) is 38.0 Å². The largest absolute Gasteiger partial charge is 0.497 e. The second kappa shape index (κ2) is 4.71. The monoisotopic (exact) mass is 297 g/mol. The van der Waals surface area contributed by atoms with Gasteiger partial charge in [0.05, 0.1) is 19.8 Å². The van der Waals surface area contributed by atoms with Gasteiger partial charge in [0.15, 0.2) is 5.76 Å². The highest BCUT2D eigenvalue weighted by atomic mass is 16.5. The van der Waals surface area contributed by atoms with Gasteiger partial charge in [0.25, 0.3) is 0 Å². The van der Waals surface area contributed by atoms with E-state index in [1.165, 1.54) is 16.7 Å². The Balaban J connectivity index is 1.98. The quantitative estimate of drug-likeness (QED) is 0.839. The van der Waals surface area contributed by atoms with Gasteiger partial charge >= 0.3 is 0 Å². The zero-order valence-electron chi connectivity index (χ0n) is 12.9. The fourth-order valence-corrected chi connectivity index (χ4v) is 4.06. The minimum absolute atomic E-state index is 0.0278. The molecule has 0 saturated carbocycles. The van der Waals surface area contributed by atoms with Gasteiger partial charge in [0.2, 0.25) is 5.78 Å². The van der Waals surface area contributed by atoms with Crippen molar-refractivity contribution in [2.45, 2.75) is 18.4 Å². The van der Waals surface area contributed by atoms with Crippen LogP contribution in [0, 0.1) is 0 Å². The Morgan fingerprint density at radius 1 is 1.14 bits per heavy atom. The number of methoxy groups -OCH3 is 2. The van der Waals surface area contributed by atoms with E-state index in [9.17, 15) is 4.79 Å². The smallest absolute Gasteiger partial charge is 0.220 e. The number of carbonyl (C=O) groups excluding carboxylic acids is 1. The van der Waals surface area contributed by atoms with Crippen molar-refractivity contribution in [2.24, 2.45) is 0 Å². The van der Waals surface area contributed by atoms with E-state index in [4.69, 9.17) is 9.47 Å². The van der Waals surface area contributed by atoms with E-state index in [1.807, 2.05) is 12.1 Å². The van der Waals surface area contributed by atoms with Crippen molar-refractivity contribution in [3.63, 3.8) is 0 Å². The van der Waals surface area contributed by atoms with Gasteiger partial charge in [0.1, 0.15) is 5.75 Å². The number of rotatable bonds is 2.